The zero-order valence-electron chi connectivity index (χ0n) is 10.0. The Morgan fingerprint density at radius 2 is 2.00 bits per heavy atom. The van der Waals surface area contributed by atoms with Gasteiger partial charge in [-0.1, -0.05) is 0 Å². The molecule has 2 rings (SSSR count). The number of carbonyl (C=O) groups excluding carboxylic acids is 1. The number of carboxylic acid groups (broad SMARTS) is 1. The molecule has 1 aliphatic heterocycles. The van der Waals surface area contributed by atoms with Crippen molar-refractivity contribution in [3.63, 3.8) is 0 Å². The predicted octanol–water partition coefficient (Wildman–Crippen LogP) is 1.35. The van der Waals surface area contributed by atoms with E-state index in [9.17, 15) is 9.59 Å². The number of nitrogens with two attached hydrogens (primary N) is 1. The lowest BCUT2D eigenvalue weighted by Gasteiger charge is -2.23. The first-order valence-corrected chi connectivity index (χ1v) is 5.96. The number of hydrogen-bond donors (Lipinski definition) is 2. The molecule has 5 heteroatoms. The van der Waals surface area contributed by atoms with Crippen molar-refractivity contribution in [3.05, 3.63) is 29.8 Å². The second-order valence-corrected chi connectivity index (χ2v) is 4.51. The van der Waals surface area contributed by atoms with E-state index in [1.54, 1.807) is 29.2 Å². The molecule has 1 aromatic carbocycles. The Labute approximate surface area is 105 Å². The van der Waals surface area contributed by atoms with Gasteiger partial charge in [0.2, 0.25) is 0 Å². The average molecular weight is 248 g/mol. The van der Waals surface area contributed by atoms with E-state index in [4.69, 9.17) is 10.8 Å². The fraction of sp³-hybridized carbons (Fsp3) is 0.385. The van der Waals surface area contributed by atoms with Gasteiger partial charge in [0.1, 0.15) is 0 Å². The third-order valence-corrected chi connectivity index (χ3v) is 3.21. The van der Waals surface area contributed by atoms with Crippen LogP contribution in [0.3, 0.4) is 0 Å². The van der Waals surface area contributed by atoms with Crippen LogP contribution in [-0.4, -0.2) is 34.5 Å². The minimum Gasteiger partial charge on any atom is -0.481 e. The van der Waals surface area contributed by atoms with Crippen LogP contribution in [-0.2, 0) is 4.79 Å². The molecule has 1 unspecified atom stereocenters. The summed E-state index contributed by atoms with van der Waals surface area (Å²) in [6, 6.07) is 6.51. The van der Waals surface area contributed by atoms with E-state index < -0.39 is 5.97 Å². The summed E-state index contributed by atoms with van der Waals surface area (Å²) >= 11 is 0. The molecule has 96 valence electrons. The van der Waals surface area contributed by atoms with Crippen LogP contribution in [0.15, 0.2) is 24.3 Å². The maximum atomic E-state index is 12.2. The lowest BCUT2D eigenvalue weighted by molar-refractivity contribution is -0.137. The number of carbonyl (C=O) groups is 2. The molecule has 0 saturated carbocycles. The van der Waals surface area contributed by atoms with Gasteiger partial charge in [-0.2, -0.15) is 0 Å². The van der Waals surface area contributed by atoms with E-state index in [-0.39, 0.29) is 18.4 Å². The maximum absolute atomic E-state index is 12.2. The van der Waals surface area contributed by atoms with E-state index in [2.05, 4.69) is 0 Å². The summed E-state index contributed by atoms with van der Waals surface area (Å²) in [6.07, 6.45) is 1.63. The zero-order valence-corrected chi connectivity index (χ0v) is 10.0. The summed E-state index contributed by atoms with van der Waals surface area (Å²) in [5.41, 5.74) is 6.73. The molecule has 0 radical (unpaired) electrons. The molecule has 1 aliphatic rings. The van der Waals surface area contributed by atoms with Crippen LogP contribution in [0.5, 0.6) is 0 Å². The van der Waals surface area contributed by atoms with Crippen molar-refractivity contribution in [2.45, 2.75) is 25.3 Å². The number of hydrogen-bond acceptors (Lipinski definition) is 3. The maximum Gasteiger partial charge on any atom is 0.305 e. The van der Waals surface area contributed by atoms with Gasteiger partial charge in [0.05, 0.1) is 6.42 Å². The number of benzene rings is 1. The smallest absolute Gasteiger partial charge is 0.305 e. The van der Waals surface area contributed by atoms with Gasteiger partial charge in [-0.3, -0.25) is 9.59 Å². The van der Waals surface area contributed by atoms with Gasteiger partial charge in [-0.25, -0.2) is 0 Å². The third-order valence-electron chi connectivity index (χ3n) is 3.21. The minimum atomic E-state index is -0.864. The Hall–Kier alpha value is -2.04. The van der Waals surface area contributed by atoms with Crippen molar-refractivity contribution in [2.24, 2.45) is 0 Å². The molecule has 1 fully saturated rings. The first-order chi connectivity index (χ1) is 8.58. The van der Waals surface area contributed by atoms with Crippen LogP contribution in [0.2, 0.25) is 0 Å². The molecule has 18 heavy (non-hydrogen) atoms. The fourth-order valence-corrected chi connectivity index (χ4v) is 2.31. The monoisotopic (exact) mass is 248 g/mol. The number of rotatable bonds is 3. The molecule has 1 aromatic rings. The minimum absolute atomic E-state index is 0.0146. The van der Waals surface area contributed by atoms with Gasteiger partial charge in [0, 0.05) is 23.8 Å². The first-order valence-electron chi connectivity index (χ1n) is 5.96. The second kappa shape index (κ2) is 5.08. The number of nitrogens with zero attached hydrogens (tertiary/aromatic N) is 1. The van der Waals surface area contributed by atoms with Gasteiger partial charge >= 0.3 is 5.97 Å². The normalized spacial score (nSPS) is 18.9. The summed E-state index contributed by atoms with van der Waals surface area (Å²) in [4.78, 5) is 24.6. The lowest BCUT2D eigenvalue weighted by atomic mass is 10.1. The van der Waals surface area contributed by atoms with Crippen LogP contribution < -0.4 is 5.73 Å². The third kappa shape index (κ3) is 2.61. The summed E-state index contributed by atoms with van der Waals surface area (Å²) < 4.78 is 0. The lowest BCUT2D eigenvalue weighted by Crippen LogP contribution is -2.36. The Bertz CT molecular complexity index is 456. The number of carboxylic acids is 1. The molecule has 1 atom stereocenters. The summed E-state index contributed by atoms with van der Waals surface area (Å²) in [7, 11) is 0. The highest BCUT2D eigenvalue weighted by molar-refractivity contribution is 5.95. The van der Waals surface area contributed by atoms with Crippen molar-refractivity contribution in [1.29, 1.82) is 0 Å². The molecule has 0 aliphatic carbocycles. The molecule has 1 amide bonds. The Kier molecular flexibility index (Phi) is 3.50. The van der Waals surface area contributed by atoms with E-state index in [0.29, 0.717) is 17.8 Å². The van der Waals surface area contributed by atoms with E-state index in [1.807, 2.05) is 0 Å². The topological polar surface area (TPSA) is 83.6 Å². The summed E-state index contributed by atoms with van der Waals surface area (Å²) in [5, 5.41) is 8.83. The molecule has 5 nitrogen and oxygen atoms in total. The van der Waals surface area contributed by atoms with Gasteiger partial charge in [0.15, 0.2) is 0 Å². The SMILES string of the molecule is Nc1ccc(C(=O)N2CCCC2CC(=O)O)cc1. The standard InChI is InChI=1S/C13H16N2O3/c14-10-5-3-9(4-6-10)13(18)15-7-1-2-11(15)8-12(16)17/h3-6,11H,1-2,7-8,14H2,(H,16,17). The molecule has 1 heterocycles. The summed E-state index contributed by atoms with van der Waals surface area (Å²) in [5.74, 6) is -0.976. The molecule has 0 aromatic heterocycles. The number of nitrogen functional groups attached to an aromatic ring is 1. The van der Waals surface area contributed by atoms with Crippen molar-refractivity contribution in [1.82, 2.24) is 4.90 Å². The second-order valence-electron chi connectivity index (χ2n) is 4.51. The quantitative estimate of drug-likeness (QED) is 0.791. The first kappa shape index (κ1) is 12.4. The Morgan fingerprint density at radius 3 is 2.61 bits per heavy atom. The largest absolute Gasteiger partial charge is 0.481 e. The van der Waals surface area contributed by atoms with Crippen LogP contribution in [0.4, 0.5) is 5.69 Å². The van der Waals surface area contributed by atoms with Crippen molar-refractivity contribution >= 4 is 17.6 Å². The number of anilines is 1. The Morgan fingerprint density at radius 1 is 1.33 bits per heavy atom. The Balaban J connectivity index is 2.12. The van der Waals surface area contributed by atoms with E-state index >= 15 is 0 Å². The highest BCUT2D eigenvalue weighted by atomic mass is 16.4. The molecular formula is C13H16N2O3. The molecular weight excluding hydrogens is 232 g/mol. The number of aliphatic carboxylic acids is 1. The van der Waals surface area contributed by atoms with Crippen molar-refractivity contribution in [2.75, 3.05) is 12.3 Å². The summed E-state index contributed by atoms with van der Waals surface area (Å²) in [6.45, 7) is 0.626. The number of likely N-dealkylation sites (tertiary alicyclic amines) is 1. The van der Waals surface area contributed by atoms with Gasteiger partial charge < -0.3 is 15.7 Å². The van der Waals surface area contributed by atoms with Crippen molar-refractivity contribution in [3.8, 4) is 0 Å². The van der Waals surface area contributed by atoms with Crippen LogP contribution in [0.1, 0.15) is 29.6 Å². The number of amides is 1. The highest BCUT2D eigenvalue weighted by Gasteiger charge is 2.30. The molecule has 0 bridgehead atoms. The van der Waals surface area contributed by atoms with E-state index in [1.165, 1.54) is 0 Å². The van der Waals surface area contributed by atoms with Gasteiger partial charge in [-0.15, -0.1) is 0 Å². The fourth-order valence-electron chi connectivity index (χ4n) is 2.31. The molecule has 1 saturated heterocycles. The van der Waals surface area contributed by atoms with Crippen LogP contribution in [0.25, 0.3) is 0 Å². The van der Waals surface area contributed by atoms with Gasteiger partial charge in [0.25, 0.3) is 5.91 Å². The van der Waals surface area contributed by atoms with Crippen molar-refractivity contribution < 1.29 is 14.7 Å². The van der Waals surface area contributed by atoms with Crippen LogP contribution in [0, 0.1) is 0 Å². The van der Waals surface area contributed by atoms with Crippen LogP contribution >= 0.6 is 0 Å². The zero-order chi connectivity index (χ0) is 13.1. The van der Waals surface area contributed by atoms with Gasteiger partial charge in [-0.05, 0) is 37.1 Å². The molecule has 3 N–H and O–H groups in total. The predicted molar refractivity (Wildman–Crippen MR) is 67.2 cm³/mol. The van der Waals surface area contributed by atoms with E-state index in [0.717, 1.165) is 12.8 Å². The highest BCUT2D eigenvalue weighted by Crippen LogP contribution is 2.22. The average Bonchev–Trinajstić information content (AvgIpc) is 2.76. The molecule has 0 spiro atoms.